The molecular formula is C20H23N5O2. The Kier molecular flexibility index (Phi) is 6.14. The molecule has 27 heavy (non-hydrogen) atoms. The third-order valence-corrected chi connectivity index (χ3v) is 4.15. The fourth-order valence-corrected chi connectivity index (χ4v) is 2.76. The molecule has 7 heteroatoms. The van der Waals surface area contributed by atoms with Crippen LogP contribution in [0, 0.1) is 6.92 Å². The van der Waals surface area contributed by atoms with E-state index < -0.39 is 0 Å². The van der Waals surface area contributed by atoms with E-state index in [4.69, 9.17) is 4.52 Å². The summed E-state index contributed by atoms with van der Waals surface area (Å²) in [5.74, 6) is 1.30. The Hall–Kier alpha value is -3.22. The second-order valence-corrected chi connectivity index (χ2v) is 6.37. The van der Waals surface area contributed by atoms with E-state index in [9.17, 15) is 4.79 Å². The zero-order valence-electron chi connectivity index (χ0n) is 15.6. The van der Waals surface area contributed by atoms with E-state index in [0.29, 0.717) is 12.3 Å². The highest BCUT2D eigenvalue weighted by Gasteiger charge is 2.12. The SMILES string of the molecule is Cc1cc(CC(=O)NCc2cccnc2N(C)CCc2ccccn2)on1. The largest absolute Gasteiger partial charge is 0.361 e. The molecule has 1 N–H and O–H groups in total. The number of anilines is 1. The van der Waals surface area contributed by atoms with Crippen LogP contribution in [0.1, 0.15) is 22.7 Å². The van der Waals surface area contributed by atoms with Crippen LogP contribution < -0.4 is 10.2 Å². The number of hydrogen-bond acceptors (Lipinski definition) is 6. The molecule has 3 aromatic heterocycles. The van der Waals surface area contributed by atoms with Crippen molar-refractivity contribution in [2.75, 3.05) is 18.5 Å². The van der Waals surface area contributed by atoms with E-state index in [2.05, 4.69) is 25.3 Å². The monoisotopic (exact) mass is 365 g/mol. The van der Waals surface area contributed by atoms with E-state index in [1.807, 2.05) is 44.3 Å². The van der Waals surface area contributed by atoms with Crippen molar-refractivity contribution in [3.63, 3.8) is 0 Å². The fourth-order valence-electron chi connectivity index (χ4n) is 2.76. The minimum absolute atomic E-state index is 0.114. The molecule has 3 aromatic rings. The Balaban J connectivity index is 1.57. The third-order valence-electron chi connectivity index (χ3n) is 4.15. The van der Waals surface area contributed by atoms with Gasteiger partial charge in [-0.2, -0.15) is 0 Å². The van der Waals surface area contributed by atoms with Crippen LogP contribution in [-0.2, 0) is 24.2 Å². The van der Waals surface area contributed by atoms with Crippen LogP contribution in [0.4, 0.5) is 5.82 Å². The van der Waals surface area contributed by atoms with Gasteiger partial charge in [-0.05, 0) is 25.1 Å². The van der Waals surface area contributed by atoms with Crippen LogP contribution >= 0.6 is 0 Å². The third kappa shape index (κ3) is 5.37. The molecule has 1 amide bonds. The van der Waals surface area contributed by atoms with Gasteiger partial charge in [0.1, 0.15) is 11.6 Å². The molecular weight excluding hydrogens is 342 g/mol. The van der Waals surface area contributed by atoms with Gasteiger partial charge in [-0.1, -0.05) is 17.3 Å². The number of hydrogen-bond donors (Lipinski definition) is 1. The van der Waals surface area contributed by atoms with Crippen molar-refractivity contribution in [3.8, 4) is 0 Å². The number of aryl methyl sites for hydroxylation is 1. The zero-order chi connectivity index (χ0) is 19.1. The van der Waals surface area contributed by atoms with Gasteiger partial charge in [-0.25, -0.2) is 4.98 Å². The maximum atomic E-state index is 12.1. The summed E-state index contributed by atoms with van der Waals surface area (Å²) in [7, 11) is 1.99. The highest BCUT2D eigenvalue weighted by molar-refractivity contribution is 5.78. The topological polar surface area (TPSA) is 84.2 Å². The lowest BCUT2D eigenvalue weighted by Crippen LogP contribution is -2.27. The van der Waals surface area contributed by atoms with E-state index in [0.717, 1.165) is 35.7 Å². The molecule has 0 radical (unpaired) electrons. The first kappa shape index (κ1) is 18.6. The second-order valence-electron chi connectivity index (χ2n) is 6.37. The Morgan fingerprint density at radius 1 is 1.19 bits per heavy atom. The molecule has 0 fully saturated rings. The first-order valence-corrected chi connectivity index (χ1v) is 8.85. The van der Waals surface area contributed by atoms with Crippen molar-refractivity contribution in [3.05, 3.63) is 71.5 Å². The summed E-state index contributed by atoms with van der Waals surface area (Å²) < 4.78 is 5.09. The molecule has 0 aliphatic carbocycles. The minimum Gasteiger partial charge on any atom is -0.361 e. The summed E-state index contributed by atoms with van der Waals surface area (Å²) in [6.45, 7) is 3.02. The maximum Gasteiger partial charge on any atom is 0.228 e. The average Bonchev–Trinajstić information content (AvgIpc) is 3.10. The number of carbonyl (C=O) groups is 1. The van der Waals surface area contributed by atoms with E-state index in [1.54, 1.807) is 18.5 Å². The van der Waals surface area contributed by atoms with Crippen molar-refractivity contribution >= 4 is 11.7 Å². The highest BCUT2D eigenvalue weighted by Crippen LogP contribution is 2.16. The van der Waals surface area contributed by atoms with Gasteiger partial charge in [0, 0.05) is 56.3 Å². The first-order valence-electron chi connectivity index (χ1n) is 8.85. The van der Waals surface area contributed by atoms with Gasteiger partial charge in [-0.3, -0.25) is 9.78 Å². The molecule has 7 nitrogen and oxygen atoms in total. The lowest BCUT2D eigenvalue weighted by molar-refractivity contribution is -0.120. The Bertz CT molecular complexity index is 879. The number of pyridine rings is 2. The quantitative estimate of drug-likeness (QED) is 0.659. The van der Waals surface area contributed by atoms with Gasteiger partial charge in [0.2, 0.25) is 5.91 Å². The average molecular weight is 365 g/mol. The molecule has 0 saturated carbocycles. The molecule has 140 valence electrons. The summed E-state index contributed by atoms with van der Waals surface area (Å²) in [6.07, 6.45) is 4.55. The van der Waals surface area contributed by atoms with Crippen molar-refractivity contribution in [2.45, 2.75) is 26.3 Å². The van der Waals surface area contributed by atoms with Gasteiger partial charge in [0.25, 0.3) is 0 Å². The van der Waals surface area contributed by atoms with Crippen molar-refractivity contribution in [2.24, 2.45) is 0 Å². The lowest BCUT2D eigenvalue weighted by Gasteiger charge is -2.21. The summed E-state index contributed by atoms with van der Waals surface area (Å²) in [4.78, 5) is 23.1. The van der Waals surface area contributed by atoms with Crippen LogP contribution in [0.15, 0.2) is 53.3 Å². The molecule has 0 bridgehead atoms. The smallest absolute Gasteiger partial charge is 0.228 e. The molecule has 0 aliphatic heterocycles. The molecule has 0 saturated heterocycles. The highest BCUT2D eigenvalue weighted by atomic mass is 16.5. The number of aromatic nitrogens is 3. The van der Waals surface area contributed by atoms with E-state index in [-0.39, 0.29) is 12.3 Å². The number of carbonyl (C=O) groups excluding carboxylic acids is 1. The fraction of sp³-hybridized carbons (Fsp3) is 0.300. The Morgan fingerprint density at radius 3 is 2.78 bits per heavy atom. The number of rotatable bonds is 8. The standard InChI is InChI=1S/C20H23N5O2/c1-15-12-18(27-24-15)13-19(26)23-14-16-6-5-10-22-20(16)25(2)11-8-17-7-3-4-9-21-17/h3-7,9-10,12H,8,11,13-14H2,1-2H3,(H,23,26). The van der Waals surface area contributed by atoms with Crippen molar-refractivity contribution in [1.29, 1.82) is 0 Å². The second kappa shape index (κ2) is 8.93. The molecule has 0 aliphatic rings. The number of nitrogens with zero attached hydrogens (tertiary/aromatic N) is 4. The molecule has 0 atom stereocenters. The minimum atomic E-state index is -0.114. The van der Waals surface area contributed by atoms with Gasteiger partial charge in [0.15, 0.2) is 0 Å². The van der Waals surface area contributed by atoms with E-state index >= 15 is 0 Å². The molecule has 3 heterocycles. The summed E-state index contributed by atoms with van der Waals surface area (Å²) in [5.41, 5.74) is 2.77. The maximum absolute atomic E-state index is 12.1. The Labute approximate surface area is 158 Å². The summed E-state index contributed by atoms with van der Waals surface area (Å²) >= 11 is 0. The van der Waals surface area contributed by atoms with Gasteiger partial charge < -0.3 is 14.7 Å². The molecule has 0 aromatic carbocycles. The van der Waals surface area contributed by atoms with Gasteiger partial charge in [-0.15, -0.1) is 0 Å². The summed E-state index contributed by atoms with van der Waals surface area (Å²) in [5, 5.41) is 6.71. The molecule has 0 spiro atoms. The van der Waals surface area contributed by atoms with Crippen LogP contribution in [0.2, 0.25) is 0 Å². The number of nitrogens with one attached hydrogen (secondary N) is 1. The number of amides is 1. The van der Waals surface area contributed by atoms with Crippen molar-refractivity contribution < 1.29 is 9.32 Å². The normalized spacial score (nSPS) is 10.6. The molecule has 3 rings (SSSR count). The van der Waals surface area contributed by atoms with Crippen LogP contribution in [0.5, 0.6) is 0 Å². The van der Waals surface area contributed by atoms with Crippen LogP contribution in [-0.4, -0.2) is 34.6 Å². The zero-order valence-corrected chi connectivity index (χ0v) is 15.6. The predicted octanol–water partition coefficient (Wildman–Crippen LogP) is 2.31. The van der Waals surface area contributed by atoms with Crippen molar-refractivity contribution in [1.82, 2.24) is 20.4 Å². The predicted molar refractivity (Wildman–Crippen MR) is 102 cm³/mol. The molecule has 0 unspecified atom stereocenters. The van der Waals surface area contributed by atoms with Crippen LogP contribution in [0.3, 0.4) is 0 Å². The van der Waals surface area contributed by atoms with Gasteiger partial charge >= 0.3 is 0 Å². The van der Waals surface area contributed by atoms with E-state index in [1.165, 1.54) is 0 Å². The lowest BCUT2D eigenvalue weighted by atomic mass is 10.2. The summed E-state index contributed by atoms with van der Waals surface area (Å²) in [6, 6.07) is 11.5. The Morgan fingerprint density at radius 2 is 2.04 bits per heavy atom. The number of likely N-dealkylation sites (N-methyl/N-ethyl adjacent to an activating group) is 1. The van der Waals surface area contributed by atoms with Crippen LogP contribution in [0.25, 0.3) is 0 Å². The first-order chi connectivity index (χ1) is 13.1. The van der Waals surface area contributed by atoms with Gasteiger partial charge in [0.05, 0.1) is 12.1 Å².